The number of rotatable bonds is 6. The van der Waals surface area contributed by atoms with E-state index in [4.69, 9.17) is 9.47 Å². The molecule has 0 aliphatic carbocycles. The number of likely N-dealkylation sites (tertiary alicyclic amines) is 1. The summed E-state index contributed by atoms with van der Waals surface area (Å²) in [6.07, 6.45) is 4.01. The number of ether oxygens (including phenoxy) is 2. The molecule has 1 atom stereocenters. The third-order valence-corrected chi connectivity index (χ3v) is 7.21. The molecule has 0 N–H and O–H groups in total. The predicted molar refractivity (Wildman–Crippen MR) is 109 cm³/mol. The first-order valence-electron chi connectivity index (χ1n) is 11.3. The van der Waals surface area contributed by atoms with Crippen LogP contribution in [0.15, 0.2) is 0 Å². The van der Waals surface area contributed by atoms with Crippen LogP contribution in [-0.2, 0) is 9.47 Å². The minimum atomic E-state index is -0.240. The molecule has 4 saturated heterocycles. The second-order valence-electron chi connectivity index (χ2n) is 9.35. The molecule has 4 fully saturated rings. The Bertz CT molecular complexity index is 522. The molecule has 0 aromatic rings. The van der Waals surface area contributed by atoms with E-state index in [2.05, 4.69) is 28.5 Å². The average molecular weight is 395 g/mol. The van der Waals surface area contributed by atoms with E-state index in [9.17, 15) is 4.79 Å². The Hall–Kier alpha value is -0.890. The van der Waals surface area contributed by atoms with Crippen molar-refractivity contribution in [3.63, 3.8) is 0 Å². The van der Waals surface area contributed by atoms with Crippen LogP contribution >= 0.6 is 0 Å². The van der Waals surface area contributed by atoms with Crippen molar-refractivity contribution >= 4 is 6.09 Å². The standard InChI is InChI=1S/C21H38N4O3/c1-18(2)23-13-11-22(12-14-23)7-3-8-25-17-21(28-20(25)26)5-9-24(10-6-21)19-4-15-27-16-19/h18-19H,3-17H2,1-2H3. The molecule has 0 bridgehead atoms. The Morgan fingerprint density at radius 1 is 1.07 bits per heavy atom. The zero-order chi connectivity index (χ0) is 19.6. The summed E-state index contributed by atoms with van der Waals surface area (Å²) in [5.41, 5.74) is -0.240. The average Bonchev–Trinajstić information content (AvgIpc) is 3.32. The molecule has 4 rings (SSSR count). The summed E-state index contributed by atoms with van der Waals surface area (Å²) < 4.78 is 11.4. The van der Waals surface area contributed by atoms with Gasteiger partial charge in [0.1, 0.15) is 5.60 Å². The van der Waals surface area contributed by atoms with Crippen LogP contribution in [0.25, 0.3) is 0 Å². The predicted octanol–water partition coefficient (Wildman–Crippen LogP) is 1.48. The van der Waals surface area contributed by atoms with Crippen molar-refractivity contribution in [1.82, 2.24) is 19.6 Å². The lowest BCUT2D eigenvalue weighted by Gasteiger charge is -2.39. The number of hydrogen-bond acceptors (Lipinski definition) is 6. The van der Waals surface area contributed by atoms with Crippen LogP contribution in [0.5, 0.6) is 0 Å². The fraction of sp³-hybridized carbons (Fsp3) is 0.952. The van der Waals surface area contributed by atoms with Gasteiger partial charge in [0.05, 0.1) is 13.2 Å². The van der Waals surface area contributed by atoms with Crippen molar-refractivity contribution in [3.8, 4) is 0 Å². The van der Waals surface area contributed by atoms with Crippen LogP contribution in [-0.4, -0.2) is 115 Å². The third kappa shape index (κ3) is 4.64. The molecule has 4 aliphatic rings. The first kappa shape index (κ1) is 20.4. The zero-order valence-corrected chi connectivity index (χ0v) is 17.8. The van der Waals surface area contributed by atoms with Crippen LogP contribution in [0.1, 0.15) is 39.5 Å². The van der Waals surface area contributed by atoms with E-state index < -0.39 is 0 Å². The Labute approximate surface area is 169 Å². The van der Waals surface area contributed by atoms with Gasteiger partial charge in [-0.3, -0.25) is 9.80 Å². The van der Waals surface area contributed by atoms with Crippen LogP contribution in [0, 0.1) is 0 Å². The number of piperazine rings is 1. The fourth-order valence-corrected chi connectivity index (χ4v) is 5.22. The van der Waals surface area contributed by atoms with Crippen molar-refractivity contribution in [2.45, 2.75) is 57.2 Å². The van der Waals surface area contributed by atoms with E-state index in [1.165, 1.54) is 0 Å². The maximum atomic E-state index is 12.4. The molecule has 28 heavy (non-hydrogen) atoms. The SMILES string of the molecule is CC(C)N1CCN(CCCN2CC3(CCN(C4CCOC4)CC3)OC2=O)CC1. The van der Waals surface area contributed by atoms with Gasteiger partial charge in [0.15, 0.2) is 0 Å². The molecular weight excluding hydrogens is 356 g/mol. The van der Waals surface area contributed by atoms with E-state index in [1.807, 2.05) is 4.90 Å². The molecule has 4 aliphatic heterocycles. The van der Waals surface area contributed by atoms with Crippen molar-refractivity contribution in [1.29, 1.82) is 0 Å². The summed E-state index contributed by atoms with van der Waals surface area (Å²) in [4.78, 5) is 22.0. The topological polar surface area (TPSA) is 48.5 Å². The van der Waals surface area contributed by atoms with Crippen LogP contribution in [0.2, 0.25) is 0 Å². The van der Waals surface area contributed by atoms with Gasteiger partial charge < -0.3 is 19.3 Å². The van der Waals surface area contributed by atoms with Crippen LogP contribution in [0.3, 0.4) is 0 Å². The molecule has 1 unspecified atom stereocenters. The maximum Gasteiger partial charge on any atom is 0.410 e. The molecule has 0 radical (unpaired) electrons. The summed E-state index contributed by atoms with van der Waals surface area (Å²) in [5.74, 6) is 0. The summed E-state index contributed by atoms with van der Waals surface area (Å²) in [6, 6.07) is 1.21. The number of hydrogen-bond donors (Lipinski definition) is 0. The van der Waals surface area contributed by atoms with Crippen LogP contribution < -0.4 is 0 Å². The highest BCUT2D eigenvalue weighted by Crippen LogP contribution is 2.34. The largest absolute Gasteiger partial charge is 0.441 e. The van der Waals surface area contributed by atoms with E-state index in [0.29, 0.717) is 12.1 Å². The van der Waals surface area contributed by atoms with Crippen molar-refractivity contribution in [2.24, 2.45) is 0 Å². The number of nitrogens with zero attached hydrogens (tertiary/aromatic N) is 4. The lowest BCUT2D eigenvalue weighted by molar-refractivity contribution is -0.0111. The molecule has 7 nitrogen and oxygen atoms in total. The third-order valence-electron chi connectivity index (χ3n) is 7.21. The fourth-order valence-electron chi connectivity index (χ4n) is 5.22. The first-order chi connectivity index (χ1) is 13.5. The Morgan fingerprint density at radius 3 is 2.46 bits per heavy atom. The number of piperidine rings is 1. The van der Waals surface area contributed by atoms with Gasteiger partial charge in [0.25, 0.3) is 0 Å². The molecule has 7 heteroatoms. The Balaban J connectivity index is 1.17. The quantitative estimate of drug-likeness (QED) is 0.680. The Kier molecular flexibility index (Phi) is 6.45. The van der Waals surface area contributed by atoms with E-state index in [0.717, 1.165) is 97.8 Å². The van der Waals surface area contributed by atoms with Gasteiger partial charge in [0.2, 0.25) is 0 Å². The molecule has 0 aromatic carbocycles. The summed E-state index contributed by atoms with van der Waals surface area (Å²) in [5, 5.41) is 0. The number of carbonyl (C=O) groups excluding carboxylic acids is 1. The molecule has 4 heterocycles. The normalized spacial score (nSPS) is 29.9. The maximum absolute atomic E-state index is 12.4. The minimum Gasteiger partial charge on any atom is -0.441 e. The van der Waals surface area contributed by atoms with Crippen LogP contribution in [0.4, 0.5) is 4.79 Å². The highest BCUT2D eigenvalue weighted by molar-refractivity contribution is 5.70. The van der Waals surface area contributed by atoms with E-state index in [-0.39, 0.29) is 11.7 Å². The van der Waals surface area contributed by atoms with Gasteiger partial charge in [-0.2, -0.15) is 0 Å². The molecule has 1 spiro atoms. The highest BCUT2D eigenvalue weighted by Gasteiger charge is 2.47. The monoisotopic (exact) mass is 394 g/mol. The zero-order valence-electron chi connectivity index (χ0n) is 17.8. The van der Waals surface area contributed by atoms with Gasteiger partial charge in [-0.05, 0) is 33.2 Å². The number of amides is 1. The number of carbonyl (C=O) groups is 1. The second-order valence-corrected chi connectivity index (χ2v) is 9.35. The van der Waals surface area contributed by atoms with E-state index >= 15 is 0 Å². The lowest BCUT2D eigenvalue weighted by Crippen LogP contribution is -2.50. The first-order valence-corrected chi connectivity index (χ1v) is 11.3. The molecule has 0 aromatic heterocycles. The smallest absolute Gasteiger partial charge is 0.410 e. The second kappa shape index (κ2) is 8.86. The van der Waals surface area contributed by atoms with Crippen molar-refractivity contribution in [2.75, 3.05) is 72.1 Å². The Morgan fingerprint density at radius 2 is 1.82 bits per heavy atom. The molecular formula is C21H38N4O3. The van der Waals surface area contributed by atoms with Gasteiger partial charge >= 0.3 is 6.09 Å². The summed E-state index contributed by atoms with van der Waals surface area (Å²) >= 11 is 0. The highest BCUT2D eigenvalue weighted by atomic mass is 16.6. The molecule has 1 amide bonds. The van der Waals surface area contributed by atoms with Gasteiger partial charge in [-0.1, -0.05) is 0 Å². The van der Waals surface area contributed by atoms with Crippen molar-refractivity contribution < 1.29 is 14.3 Å². The molecule has 160 valence electrons. The van der Waals surface area contributed by atoms with Crippen molar-refractivity contribution in [3.05, 3.63) is 0 Å². The van der Waals surface area contributed by atoms with Gasteiger partial charge in [0, 0.05) is 77.3 Å². The van der Waals surface area contributed by atoms with Gasteiger partial charge in [-0.25, -0.2) is 4.79 Å². The lowest BCUT2D eigenvalue weighted by atomic mass is 9.90. The minimum absolute atomic E-state index is 0.0951. The summed E-state index contributed by atoms with van der Waals surface area (Å²) in [7, 11) is 0. The summed E-state index contributed by atoms with van der Waals surface area (Å²) in [6.45, 7) is 15.7. The van der Waals surface area contributed by atoms with E-state index in [1.54, 1.807) is 0 Å². The molecule has 0 saturated carbocycles. The van der Waals surface area contributed by atoms with Gasteiger partial charge in [-0.15, -0.1) is 0 Å².